The Morgan fingerprint density at radius 2 is 1.89 bits per heavy atom. The lowest BCUT2D eigenvalue weighted by molar-refractivity contribution is -0.137. The average Bonchev–Trinajstić information content (AvgIpc) is 3.27. The molecule has 1 saturated carbocycles. The van der Waals surface area contributed by atoms with Crippen molar-refractivity contribution in [3.8, 4) is 0 Å². The smallest absolute Gasteiger partial charge is 0.389 e. The number of anilines is 2. The first-order valence-electron chi connectivity index (χ1n) is 9.01. The minimum absolute atomic E-state index is 0.00206. The number of nitrogens with zero attached hydrogens (tertiary/aromatic N) is 2. The summed E-state index contributed by atoms with van der Waals surface area (Å²) in [5.41, 5.74) is 4.29. The molecule has 0 unspecified atom stereocenters. The summed E-state index contributed by atoms with van der Waals surface area (Å²) < 4.78 is 39.7. The molecule has 7 nitrogen and oxygen atoms in total. The van der Waals surface area contributed by atoms with Crippen molar-refractivity contribution in [3.63, 3.8) is 0 Å². The van der Waals surface area contributed by atoms with Gasteiger partial charge in [-0.2, -0.15) is 18.2 Å². The highest BCUT2D eigenvalue weighted by atomic mass is 19.4. The van der Waals surface area contributed by atoms with Gasteiger partial charge in [0.2, 0.25) is 5.95 Å². The zero-order chi connectivity index (χ0) is 21.3. The average molecular weight is 393 g/mol. The van der Waals surface area contributed by atoms with Gasteiger partial charge in [-0.1, -0.05) is 0 Å². The fourth-order valence-corrected chi connectivity index (χ4v) is 2.14. The van der Waals surface area contributed by atoms with Crippen molar-refractivity contribution >= 4 is 41.0 Å². The lowest BCUT2D eigenvalue weighted by Gasteiger charge is -2.26. The molecule has 0 atom stereocenters. The van der Waals surface area contributed by atoms with Crippen LogP contribution in [0.4, 0.5) is 24.9 Å². The van der Waals surface area contributed by atoms with Crippen LogP contribution in [0.1, 0.15) is 32.3 Å². The van der Waals surface area contributed by atoms with Crippen LogP contribution in [0.25, 0.3) is 0 Å². The second-order valence-electron chi connectivity index (χ2n) is 8.57. The molecule has 0 radical (unpaired) electrons. The highest BCUT2D eigenvalue weighted by Crippen LogP contribution is 2.36. The third-order valence-electron chi connectivity index (χ3n) is 3.75. The first-order chi connectivity index (χ1) is 12.6. The van der Waals surface area contributed by atoms with E-state index in [1.807, 2.05) is 23.5 Å². The molecule has 0 aliphatic heterocycles. The summed E-state index contributed by atoms with van der Waals surface area (Å²) in [6.45, 7) is 3.37. The van der Waals surface area contributed by atoms with Gasteiger partial charge in [0.15, 0.2) is 0 Å². The van der Waals surface area contributed by atoms with Crippen LogP contribution < -0.4 is 21.7 Å². The third kappa shape index (κ3) is 6.77. The Bertz CT molecular complexity index is 766. The van der Waals surface area contributed by atoms with Crippen molar-refractivity contribution in [3.05, 3.63) is 23.7 Å². The van der Waals surface area contributed by atoms with Gasteiger partial charge in [0.25, 0.3) is 0 Å². The zero-order valence-electron chi connectivity index (χ0n) is 16.8. The molecule has 1 heterocycles. The Balaban J connectivity index is 2.34. The van der Waals surface area contributed by atoms with Gasteiger partial charge < -0.3 is 27.1 Å². The van der Waals surface area contributed by atoms with Gasteiger partial charge in [-0.25, -0.2) is 4.98 Å². The molecule has 1 aromatic rings. The topological polar surface area (TPSA) is 112 Å². The molecule has 1 aliphatic carbocycles. The van der Waals surface area contributed by atoms with Gasteiger partial charge in [-0.15, -0.1) is 0 Å². The van der Waals surface area contributed by atoms with E-state index in [-0.39, 0.29) is 28.8 Å². The molecular formula is C15H25B3F3N7. The van der Waals surface area contributed by atoms with Crippen LogP contribution in [0.5, 0.6) is 0 Å². The molecule has 1 aromatic heterocycles. The van der Waals surface area contributed by atoms with E-state index in [4.69, 9.17) is 11.1 Å². The van der Waals surface area contributed by atoms with Gasteiger partial charge in [-0.05, 0) is 31.9 Å². The van der Waals surface area contributed by atoms with E-state index in [1.165, 1.54) is 6.08 Å². The van der Waals surface area contributed by atoms with Crippen LogP contribution in [0.3, 0.4) is 0 Å². The number of hydrogen-bond donors (Lipinski definition) is 5. The minimum Gasteiger partial charge on any atom is -0.389 e. The Hall–Kier alpha value is -2.17. The number of hydrogen-bond acceptors (Lipinski definition) is 7. The van der Waals surface area contributed by atoms with E-state index in [1.54, 1.807) is 13.8 Å². The van der Waals surface area contributed by atoms with E-state index in [9.17, 15) is 13.2 Å². The Morgan fingerprint density at radius 1 is 1.29 bits per heavy atom. The minimum atomic E-state index is -4.55. The first-order valence-corrected chi connectivity index (χ1v) is 9.01. The monoisotopic (exact) mass is 393 g/mol. The Labute approximate surface area is 165 Å². The maximum Gasteiger partial charge on any atom is 0.421 e. The van der Waals surface area contributed by atoms with Crippen LogP contribution in [-0.4, -0.2) is 56.0 Å². The maximum atomic E-state index is 13.2. The molecular weight excluding hydrogens is 368 g/mol. The van der Waals surface area contributed by atoms with Crippen LogP contribution >= 0.6 is 0 Å². The maximum absolute atomic E-state index is 13.2. The summed E-state index contributed by atoms with van der Waals surface area (Å²) in [6.07, 6.45) is -0.690. The molecule has 0 saturated heterocycles. The van der Waals surface area contributed by atoms with Crippen molar-refractivity contribution in [1.82, 2.24) is 15.3 Å². The standard InChI is InChI=1S/C15H25B3F3N7/c1-13(2,23)9(22)5-10(28-15(16,17)18)26-12-24-6-8(14(19,20)21)11(27-12)25-7-3-4-7/h5-7,22,28H,3-4,16-18,23H2,1-2H3,(H2,24,25,26,27)/b10-5-,22-9?. The number of halogens is 3. The molecule has 6 N–H and O–H groups in total. The van der Waals surface area contributed by atoms with Gasteiger partial charge in [0, 0.05) is 18.3 Å². The summed E-state index contributed by atoms with van der Waals surface area (Å²) >= 11 is 0. The molecule has 1 fully saturated rings. The fraction of sp³-hybridized carbons (Fsp3) is 0.533. The molecule has 13 heteroatoms. The summed E-state index contributed by atoms with van der Waals surface area (Å²) in [6, 6.07) is -0.00206. The molecule has 1 aliphatic rings. The predicted octanol–water partition coefficient (Wildman–Crippen LogP) is -0.820. The summed E-state index contributed by atoms with van der Waals surface area (Å²) in [4.78, 5) is 7.83. The van der Waals surface area contributed by atoms with Gasteiger partial charge in [0.05, 0.1) is 11.3 Å². The van der Waals surface area contributed by atoms with Crippen molar-refractivity contribution < 1.29 is 13.2 Å². The van der Waals surface area contributed by atoms with Crippen molar-refractivity contribution in [1.29, 1.82) is 5.41 Å². The molecule has 150 valence electrons. The zero-order valence-corrected chi connectivity index (χ0v) is 16.8. The van der Waals surface area contributed by atoms with Crippen molar-refractivity contribution in [2.24, 2.45) is 5.73 Å². The molecule has 0 aromatic carbocycles. The van der Waals surface area contributed by atoms with E-state index < -0.39 is 17.3 Å². The quantitative estimate of drug-likeness (QED) is 0.292. The van der Waals surface area contributed by atoms with Crippen LogP contribution in [0, 0.1) is 5.41 Å². The fourth-order valence-electron chi connectivity index (χ4n) is 2.14. The van der Waals surface area contributed by atoms with E-state index >= 15 is 0 Å². The largest absolute Gasteiger partial charge is 0.421 e. The number of nitrogens with two attached hydrogens (primary N) is 1. The summed E-state index contributed by atoms with van der Waals surface area (Å²) in [5.74, 6) is 0.103. The van der Waals surface area contributed by atoms with Gasteiger partial charge in [0.1, 0.15) is 40.7 Å². The first kappa shape index (κ1) is 22.1. The summed E-state index contributed by atoms with van der Waals surface area (Å²) in [7, 11) is 5.73. The summed E-state index contributed by atoms with van der Waals surface area (Å²) in [5, 5.41) is 16.6. The van der Waals surface area contributed by atoms with E-state index in [0.29, 0.717) is 5.82 Å². The van der Waals surface area contributed by atoms with Crippen LogP contribution in [0.2, 0.25) is 0 Å². The normalized spacial score (nSPS) is 15.9. The Kier molecular flexibility index (Phi) is 6.08. The molecule has 28 heavy (non-hydrogen) atoms. The van der Waals surface area contributed by atoms with Crippen LogP contribution in [0.15, 0.2) is 18.1 Å². The number of rotatable bonds is 8. The molecule has 2 rings (SSSR count). The molecule has 0 amide bonds. The van der Waals surface area contributed by atoms with E-state index in [0.717, 1.165) is 19.0 Å². The van der Waals surface area contributed by atoms with Gasteiger partial charge >= 0.3 is 6.18 Å². The van der Waals surface area contributed by atoms with E-state index in [2.05, 4.69) is 25.9 Å². The lowest BCUT2D eigenvalue weighted by atomic mass is 9.49. The predicted molar refractivity (Wildman–Crippen MR) is 113 cm³/mol. The van der Waals surface area contributed by atoms with Crippen molar-refractivity contribution in [2.75, 3.05) is 10.6 Å². The second kappa shape index (κ2) is 7.69. The highest BCUT2D eigenvalue weighted by molar-refractivity contribution is 6.59. The lowest BCUT2D eigenvalue weighted by Crippen LogP contribution is -2.49. The highest BCUT2D eigenvalue weighted by Gasteiger charge is 2.37. The molecule has 0 bridgehead atoms. The second-order valence-corrected chi connectivity index (χ2v) is 8.57. The number of alkyl halides is 3. The third-order valence-corrected chi connectivity index (χ3v) is 3.75. The van der Waals surface area contributed by atoms with Crippen LogP contribution in [-0.2, 0) is 6.18 Å². The SMILES string of the molecule is BC(B)(B)N/C(=C\C(=N)C(C)(C)N)Nc1ncc(C(F)(F)F)c(NC2CC2)n1. The number of aromatic nitrogens is 2. The molecule has 0 spiro atoms. The van der Waals surface area contributed by atoms with Crippen molar-refractivity contribution in [2.45, 2.75) is 49.7 Å². The Morgan fingerprint density at radius 3 is 2.36 bits per heavy atom. The van der Waals surface area contributed by atoms with Gasteiger partial charge in [-0.3, -0.25) is 0 Å². The number of nitrogens with one attached hydrogen (secondary N) is 4.